The molecule has 1 heterocycles. The van der Waals surface area contributed by atoms with Crippen LogP contribution in [0.4, 0.5) is 11.4 Å². The van der Waals surface area contributed by atoms with Crippen molar-refractivity contribution < 1.29 is 9.90 Å². The quantitative estimate of drug-likeness (QED) is 0.447. The van der Waals surface area contributed by atoms with E-state index in [1.165, 1.54) is 12.1 Å². The Morgan fingerprint density at radius 1 is 1.47 bits per heavy atom. The molecule has 1 aromatic carbocycles. The number of halogens is 1. The maximum absolute atomic E-state index is 12.0. The summed E-state index contributed by atoms with van der Waals surface area (Å²) in [5.41, 5.74) is 7.00. The molecule has 0 aliphatic heterocycles. The van der Waals surface area contributed by atoms with Crippen LogP contribution in [0.25, 0.3) is 0 Å². The molecule has 0 atom stereocenters. The molecular weight excluding hydrogens is 266 g/mol. The van der Waals surface area contributed by atoms with E-state index >= 15 is 0 Å². The van der Waals surface area contributed by atoms with E-state index in [0.29, 0.717) is 5.69 Å². The third-order valence-corrected chi connectivity index (χ3v) is 2.84. The van der Waals surface area contributed by atoms with Gasteiger partial charge < -0.3 is 16.2 Å². The number of nitrogens with two attached hydrogens (primary N) is 1. The summed E-state index contributed by atoms with van der Waals surface area (Å²) in [5, 5.41) is 12.5. The maximum Gasteiger partial charge on any atom is 0.259 e. The number of carbonyl (C=O) groups excluding carboxylic acids is 1. The first-order chi connectivity index (χ1) is 8.99. The number of hydrogen-bond acceptors (Lipinski definition) is 4. The second-order valence-corrected chi connectivity index (χ2v) is 4.41. The predicted molar refractivity (Wildman–Crippen MR) is 74.5 cm³/mol. The van der Waals surface area contributed by atoms with Gasteiger partial charge in [0.2, 0.25) is 0 Å². The molecule has 0 saturated carbocycles. The number of carbonyl (C=O) groups is 1. The summed E-state index contributed by atoms with van der Waals surface area (Å²) in [6.07, 6.45) is 1.59. The van der Waals surface area contributed by atoms with Crippen molar-refractivity contribution >= 4 is 28.9 Å². The summed E-state index contributed by atoms with van der Waals surface area (Å²) in [4.78, 5) is 16.0. The molecule has 0 aliphatic rings. The van der Waals surface area contributed by atoms with Gasteiger partial charge in [0, 0.05) is 6.20 Å². The van der Waals surface area contributed by atoms with E-state index in [9.17, 15) is 9.90 Å². The molecule has 0 fully saturated rings. The highest BCUT2D eigenvalue weighted by Gasteiger charge is 2.14. The van der Waals surface area contributed by atoms with Gasteiger partial charge in [-0.25, -0.2) is 4.98 Å². The number of aromatic hydroxyl groups is 1. The SMILES string of the molecule is Cc1cnc(Cl)c(NC(=O)c2cccc(N)c2O)c1. The molecule has 2 aromatic rings. The normalized spacial score (nSPS) is 10.2. The number of phenols is 1. The molecule has 0 spiro atoms. The van der Waals surface area contributed by atoms with Crippen molar-refractivity contribution in [2.45, 2.75) is 6.92 Å². The summed E-state index contributed by atoms with van der Waals surface area (Å²) in [6, 6.07) is 6.25. The van der Waals surface area contributed by atoms with E-state index in [-0.39, 0.29) is 22.2 Å². The van der Waals surface area contributed by atoms with Gasteiger partial charge in [-0.1, -0.05) is 17.7 Å². The zero-order valence-electron chi connectivity index (χ0n) is 10.1. The number of benzene rings is 1. The van der Waals surface area contributed by atoms with Crippen molar-refractivity contribution in [2.24, 2.45) is 0 Å². The van der Waals surface area contributed by atoms with Crippen LogP contribution in [-0.2, 0) is 0 Å². The van der Waals surface area contributed by atoms with Crippen LogP contribution in [0.5, 0.6) is 5.75 Å². The van der Waals surface area contributed by atoms with Crippen LogP contribution in [0.3, 0.4) is 0 Å². The summed E-state index contributed by atoms with van der Waals surface area (Å²) >= 11 is 5.89. The average Bonchev–Trinajstić information content (AvgIpc) is 2.37. The Morgan fingerprint density at radius 2 is 2.21 bits per heavy atom. The van der Waals surface area contributed by atoms with E-state index in [1.54, 1.807) is 18.3 Å². The number of hydrogen-bond donors (Lipinski definition) is 3. The van der Waals surface area contributed by atoms with Gasteiger partial charge >= 0.3 is 0 Å². The number of para-hydroxylation sites is 1. The van der Waals surface area contributed by atoms with Crippen LogP contribution < -0.4 is 11.1 Å². The van der Waals surface area contributed by atoms with E-state index < -0.39 is 5.91 Å². The fourth-order valence-electron chi connectivity index (χ4n) is 1.57. The molecule has 1 amide bonds. The molecule has 98 valence electrons. The number of aromatic nitrogens is 1. The minimum absolute atomic E-state index is 0.0811. The van der Waals surface area contributed by atoms with Crippen LogP contribution in [-0.4, -0.2) is 16.0 Å². The first-order valence-corrected chi connectivity index (χ1v) is 5.88. The van der Waals surface area contributed by atoms with Gasteiger partial charge in [-0.2, -0.15) is 0 Å². The van der Waals surface area contributed by atoms with E-state index in [1.807, 2.05) is 6.92 Å². The van der Waals surface area contributed by atoms with Crippen molar-refractivity contribution in [1.29, 1.82) is 0 Å². The number of aryl methyl sites for hydroxylation is 1. The van der Waals surface area contributed by atoms with Crippen LogP contribution in [0.15, 0.2) is 30.5 Å². The zero-order chi connectivity index (χ0) is 14.0. The lowest BCUT2D eigenvalue weighted by Crippen LogP contribution is -2.13. The highest BCUT2D eigenvalue weighted by Crippen LogP contribution is 2.26. The van der Waals surface area contributed by atoms with Crippen LogP contribution in [0.1, 0.15) is 15.9 Å². The zero-order valence-corrected chi connectivity index (χ0v) is 10.9. The van der Waals surface area contributed by atoms with E-state index in [4.69, 9.17) is 17.3 Å². The predicted octanol–water partition coefficient (Wildman–Crippen LogP) is 2.58. The Labute approximate surface area is 115 Å². The van der Waals surface area contributed by atoms with Gasteiger partial charge in [0.15, 0.2) is 10.9 Å². The molecule has 6 heteroatoms. The van der Waals surface area contributed by atoms with Gasteiger partial charge in [0.25, 0.3) is 5.91 Å². The first-order valence-electron chi connectivity index (χ1n) is 5.50. The lowest BCUT2D eigenvalue weighted by molar-refractivity contribution is 0.102. The van der Waals surface area contributed by atoms with Gasteiger partial charge in [0.1, 0.15) is 0 Å². The number of amides is 1. The number of anilines is 2. The average molecular weight is 278 g/mol. The lowest BCUT2D eigenvalue weighted by Gasteiger charge is -2.09. The fraction of sp³-hybridized carbons (Fsp3) is 0.0769. The molecule has 0 radical (unpaired) electrons. The monoisotopic (exact) mass is 277 g/mol. The third-order valence-electron chi connectivity index (χ3n) is 2.54. The highest BCUT2D eigenvalue weighted by molar-refractivity contribution is 6.32. The number of phenolic OH excluding ortho intramolecular Hbond substituents is 1. The van der Waals surface area contributed by atoms with Crippen molar-refractivity contribution in [3.8, 4) is 5.75 Å². The molecular formula is C13H12ClN3O2. The minimum Gasteiger partial charge on any atom is -0.505 e. The van der Waals surface area contributed by atoms with Gasteiger partial charge in [-0.3, -0.25) is 4.79 Å². The third kappa shape index (κ3) is 2.77. The Hall–Kier alpha value is -2.27. The van der Waals surface area contributed by atoms with Crippen molar-refractivity contribution in [3.05, 3.63) is 46.7 Å². The Bertz CT molecular complexity index is 644. The molecule has 0 saturated heterocycles. The maximum atomic E-state index is 12.0. The van der Waals surface area contributed by atoms with Crippen LogP contribution >= 0.6 is 11.6 Å². The number of pyridine rings is 1. The van der Waals surface area contributed by atoms with Crippen molar-refractivity contribution in [3.63, 3.8) is 0 Å². The summed E-state index contributed by atoms with van der Waals surface area (Å²) in [6.45, 7) is 1.83. The Kier molecular flexibility index (Phi) is 3.57. The summed E-state index contributed by atoms with van der Waals surface area (Å²) in [7, 11) is 0. The molecule has 0 bridgehead atoms. The Balaban J connectivity index is 2.31. The fourth-order valence-corrected chi connectivity index (χ4v) is 1.73. The van der Waals surface area contributed by atoms with Crippen molar-refractivity contribution in [1.82, 2.24) is 4.98 Å². The first kappa shape index (κ1) is 13.2. The largest absolute Gasteiger partial charge is 0.505 e. The minimum atomic E-state index is -0.501. The molecule has 0 aliphatic carbocycles. The smallest absolute Gasteiger partial charge is 0.259 e. The van der Waals surface area contributed by atoms with E-state index in [0.717, 1.165) is 5.56 Å². The van der Waals surface area contributed by atoms with Crippen LogP contribution in [0.2, 0.25) is 5.15 Å². The molecule has 2 rings (SSSR count). The van der Waals surface area contributed by atoms with Gasteiger partial charge in [0.05, 0.1) is 16.9 Å². The van der Waals surface area contributed by atoms with Crippen molar-refractivity contribution in [2.75, 3.05) is 11.1 Å². The second kappa shape index (κ2) is 5.16. The topological polar surface area (TPSA) is 88.2 Å². The number of nitrogens with zero attached hydrogens (tertiary/aromatic N) is 1. The molecule has 19 heavy (non-hydrogen) atoms. The lowest BCUT2D eigenvalue weighted by atomic mass is 10.1. The number of nitrogens with one attached hydrogen (secondary N) is 1. The van der Waals surface area contributed by atoms with Crippen LogP contribution in [0, 0.1) is 6.92 Å². The highest BCUT2D eigenvalue weighted by atomic mass is 35.5. The standard InChI is InChI=1S/C13H12ClN3O2/c1-7-5-10(12(14)16-6-7)17-13(19)8-3-2-4-9(15)11(8)18/h2-6,18H,15H2,1H3,(H,17,19). The molecule has 4 N–H and O–H groups in total. The summed E-state index contributed by atoms with van der Waals surface area (Å²) < 4.78 is 0. The van der Waals surface area contributed by atoms with Gasteiger partial charge in [-0.15, -0.1) is 0 Å². The second-order valence-electron chi connectivity index (χ2n) is 4.05. The molecule has 0 unspecified atom stereocenters. The number of nitrogen functional groups attached to an aromatic ring is 1. The van der Waals surface area contributed by atoms with Gasteiger partial charge in [-0.05, 0) is 30.7 Å². The molecule has 5 nitrogen and oxygen atoms in total. The Morgan fingerprint density at radius 3 is 2.95 bits per heavy atom. The molecule has 1 aromatic heterocycles. The number of rotatable bonds is 2. The van der Waals surface area contributed by atoms with E-state index in [2.05, 4.69) is 10.3 Å². The summed E-state index contributed by atoms with van der Waals surface area (Å²) in [5.74, 6) is -0.754.